The van der Waals surface area contributed by atoms with E-state index in [1.807, 2.05) is 13.8 Å². The Balaban J connectivity index is 2.12. The van der Waals surface area contributed by atoms with E-state index in [1.54, 1.807) is 12.1 Å². The zero-order chi connectivity index (χ0) is 19.0. The molecule has 3 heterocycles. The smallest absolute Gasteiger partial charge is 0.269 e. The van der Waals surface area contributed by atoms with Gasteiger partial charge in [0, 0.05) is 11.6 Å². The zero-order valence-corrected chi connectivity index (χ0v) is 15.6. The number of thiophene rings is 1. The van der Waals surface area contributed by atoms with Gasteiger partial charge in [0.2, 0.25) is 0 Å². The van der Waals surface area contributed by atoms with Gasteiger partial charge >= 0.3 is 0 Å². The molecule has 7 nitrogen and oxygen atoms in total. The maximum atomic E-state index is 12.6. The van der Waals surface area contributed by atoms with Crippen molar-refractivity contribution in [3.8, 4) is 6.07 Å². The van der Waals surface area contributed by atoms with Gasteiger partial charge in [-0.2, -0.15) is 5.26 Å². The van der Waals surface area contributed by atoms with Crippen molar-refractivity contribution in [3.63, 3.8) is 0 Å². The van der Waals surface area contributed by atoms with E-state index in [0.717, 1.165) is 11.3 Å². The number of hydrogen-bond donors (Lipinski definition) is 3. The van der Waals surface area contributed by atoms with Crippen molar-refractivity contribution in [2.24, 2.45) is 0 Å². The minimum absolute atomic E-state index is 0.0109. The van der Waals surface area contributed by atoms with Crippen molar-refractivity contribution in [1.29, 1.82) is 5.26 Å². The third-order valence-corrected chi connectivity index (χ3v) is 5.13. The number of carbonyl (C=O) groups excluding carboxylic acids is 1. The third kappa shape index (κ3) is 3.03. The summed E-state index contributed by atoms with van der Waals surface area (Å²) in [6.07, 6.45) is 1.43. The molecule has 0 spiro atoms. The van der Waals surface area contributed by atoms with E-state index >= 15 is 0 Å². The van der Waals surface area contributed by atoms with Gasteiger partial charge in [0.1, 0.15) is 27.4 Å². The molecule has 3 aromatic rings. The van der Waals surface area contributed by atoms with Gasteiger partial charge in [-0.15, -0.1) is 11.3 Å². The molecule has 3 aromatic heterocycles. The number of amides is 1. The van der Waals surface area contributed by atoms with E-state index in [4.69, 9.17) is 23.1 Å². The molecule has 26 heavy (non-hydrogen) atoms. The molecule has 0 saturated carbocycles. The van der Waals surface area contributed by atoms with E-state index in [0.29, 0.717) is 37.1 Å². The minimum atomic E-state index is -0.410. The summed E-state index contributed by atoms with van der Waals surface area (Å²) in [4.78, 5) is 21.7. The average Bonchev–Trinajstić information content (AvgIpc) is 2.91. The molecule has 0 saturated heterocycles. The molecule has 0 fully saturated rings. The van der Waals surface area contributed by atoms with Crippen LogP contribution in [0, 0.1) is 11.3 Å². The number of nitrogens with zero attached hydrogens (tertiary/aromatic N) is 3. The lowest BCUT2D eigenvalue weighted by atomic mass is 9.95. The molecule has 0 unspecified atom stereocenters. The highest BCUT2D eigenvalue weighted by molar-refractivity contribution is 7.21. The van der Waals surface area contributed by atoms with E-state index in [1.165, 1.54) is 6.20 Å². The van der Waals surface area contributed by atoms with Crippen LogP contribution in [-0.4, -0.2) is 15.9 Å². The first-order valence-corrected chi connectivity index (χ1v) is 8.87. The highest BCUT2D eigenvalue weighted by atomic mass is 35.5. The number of nitriles is 1. The van der Waals surface area contributed by atoms with Crippen LogP contribution in [0.4, 0.5) is 17.3 Å². The molecule has 3 rings (SSSR count). The first-order chi connectivity index (χ1) is 12.3. The Labute approximate surface area is 158 Å². The standard InChI is InChI=1S/C17H15ClN6OS/c1-7(2)11-9(5-19)15(21)24-17-12(11)13(20)14(26-17)16(25)23-10-4-3-8(18)6-22-10/h3-4,6-7H,20H2,1-2H3,(H2,21,24)(H,22,23,25). The Hall–Kier alpha value is -2.89. The molecular formula is C17H15ClN6OS. The zero-order valence-electron chi connectivity index (χ0n) is 14.0. The number of nitrogen functional groups attached to an aromatic ring is 2. The summed E-state index contributed by atoms with van der Waals surface area (Å²) in [5, 5.41) is 13.2. The van der Waals surface area contributed by atoms with E-state index in [2.05, 4.69) is 21.4 Å². The second-order valence-electron chi connectivity index (χ2n) is 5.89. The highest BCUT2D eigenvalue weighted by Gasteiger charge is 2.24. The lowest BCUT2D eigenvalue weighted by Gasteiger charge is -2.12. The van der Waals surface area contributed by atoms with Gasteiger partial charge in [-0.3, -0.25) is 4.79 Å². The van der Waals surface area contributed by atoms with E-state index in [9.17, 15) is 10.1 Å². The van der Waals surface area contributed by atoms with Crippen molar-refractivity contribution in [1.82, 2.24) is 9.97 Å². The van der Waals surface area contributed by atoms with Crippen LogP contribution in [0.15, 0.2) is 18.3 Å². The van der Waals surface area contributed by atoms with Crippen molar-refractivity contribution in [2.75, 3.05) is 16.8 Å². The van der Waals surface area contributed by atoms with Crippen LogP contribution in [0.3, 0.4) is 0 Å². The van der Waals surface area contributed by atoms with Gasteiger partial charge in [0.25, 0.3) is 5.91 Å². The second-order valence-corrected chi connectivity index (χ2v) is 7.33. The van der Waals surface area contributed by atoms with Crippen LogP contribution in [0.1, 0.15) is 40.6 Å². The Bertz CT molecular complexity index is 1050. The van der Waals surface area contributed by atoms with E-state index < -0.39 is 5.91 Å². The number of rotatable bonds is 3. The van der Waals surface area contributed by atoms with Crippen LogP contribution in [0.2, 0.25) is 5.02 Å². The summed E-state index contributed by atoms with van der Waals surface area (Å²) in [7, 11) is 0. The SMILES string of the molecule is CC(C)c1c(C#N)c(N)nc2sc(C(=O)Nc3ccc(Cl)cn3)c(N)c12. The summed E-state index contributed by atoms with van der Waals surface area (Å²) < 4.78 is 0. The summed E-state index contributed by atoms with van der Waals surface area (Å²) in [6, 6.07) is 5.30. The van der Waals surface area contributed by atoms with Crippen LogP contribution >= 0.6 is 22.9 Å². The van der Waals surface area contributed by atoms with Gasteiger partial charge in [-0.05, 0) is 23.6 Å². The van der Waals surface area contributed by atoms with Crippen molar-refractivity contribution in [3.05, 3.63) is 39.4 Å². The monoisotopic (exact) mass is 386 g/mol. The minimum Gasteiger partial charge on any atom is -0.397 e. The number of anilines is 3. The molecule has 0 atom stereocenters. The molecule has 132 valence electrons. The van der Waals surface area contributed by atoms with Gasteiger partial charge in [-0.25, -0.2) is 9.97 Å². The number of pyridine rings is 2. The fourth-order valence-corrected chi connectivity index (χ4v) is 3.81. The third-order valence-electron chi connectivity index (χ3n) is 3.81. The van der Waals surface area contributed by atoms with Gasteiger partial charge in [0.05, 0.1) is 16.3 Å². The predicted molar refractivity (Wildman–Crippen MR) is 104 cm³/mol. The number of nitrogens with one attached hydrogen (secondary N) is 1. The largest absolute Gasteiger partial charge is 0.397 e. The highest BCUT2D eigenvalue weighted by Crippen LogP contribution is 2.40. The molecule has 0 radical (unpaired) electrons. The van der Waals surface area contributed by atoms with Crippen molar-refractivity contribution >= 4 is 56.4 Å². The fraction of sp³-hybridized carbons (Fsp3) is 0.176. The van der Waals surface area contributed by atoms with Crippen LogP contribution < -0.4 is 16.8 Å². The number of carbonyl (C=O) groups is 1. The van der Waals surface area contributed by atoms with Gasteiger partial charge in [-0.1, -0.05) is 25.4 Å². The summed E-state index contributed by atoms with van der Waals surface area (Å²) >= 11 is 6.92. The maximum absolute atomic E-state index is 12.6. The lowest BCUT2D eigenvalue weighted by Crippen LogP contribution is -2.13. The van der Waals surface area contributed by atoms with Gasteiger partial charge < -0.3 is 16.8 Å². The molecule has 0 aliphatic rings. The van der Waals surface area contributed by atoms with Crippen molar-refractivity contribution in [2.45, 2.75) is 19.8 Å². The summed E-state index contributed by atoms with van der Waals surface area (Å²) in [5.74, 6) is 0.0668. The Morgan fingerprint density at radius 2 is 2.12 bits per heavy atom. The van der Waals surface area contributed by atoms with Gasteiger partial charge in [0.15, 0.2) is 0 Å². The Kier molecular flexibility index (Phi) is 4.68. The number of fused-ring (bicyclic) bond motifs is 1. The fourth-order valence-electron chi connectivity index (χ4n) is 2.69. The first kappa shape index (κ1) is 17.9. The summed E-state index contributed by atoms with van der Waals surface area (Å²) in [5.41, 5.74) is 13.4. The number of halogens is 1. The van der Waals surface area contributed by atoms with Crippen LogP contribution in [0.25, 0.3) is 10.2 Å². The first-order valence-electron chi connectivity index (χ1n) is 7.67. The molecule has 0 bridgehead atoms. The van der Waals surface area contributed by atoms with E-state index in [-0.39, 0.29) is 17.4 Å². The Morgan fingerprint density at radius 1 is 1.38 bits per heavy atom. The summed E-state index contributed by atoms with van der Waals surface area (Å²) in [6.45, 7) is 3.87. The second kappa shape index (κ2) is 6.78. The number of nitrogens with two attached hydrogens (primary N) is 2. The van der Waals surface area contributed by atoms with Crippen LogP contribution in [0.5, 0.6) is 0 Å². The average molecular weight is 387 g/mol. The molecule has 0 aromatic carbocycles. The molecule has 1 amide bonds. The quantitative estimate of drug-likeness (QED) is 0.628. The molecule has 0 aliphatic carbocycles. The maximum Gasteiger partial charge on any atom is 0.269 e. The Morgan fingerprint density at radius 3 is 2.69 bits per heavy atom. The van der Waals surface area contributed by atoms with Crippen molar-refractivity contribution < 1.29 is 4.79 Å². The van der Waals surface area contributed by atoms with Crippen LogP contribution in [-0.2, 0) is 0 Å². The number of hydrogen-bond acceptors (Lipinski definition) is 7. The molecule has 9 heteroatoms. The normalized spacial score (nSPS) is 10.9. The molecule has 0 aliphatic heterocycles. The molecular weight excluding hydrogens is 372 g/mol. The molecule has 5 N–H and O–H groups in total. The topological polar surface area (TPSA) is 131 Å². The predicted octanol–water partition coefficient (Wildman–Crippen LogP) is 3.76. The number of aromatic nitrogens is 2. The lowest BCUT2D eigenvalue weighted by molar-refractivity contribution is 0.103.